The van der Waals surface area contributed by atoms with Gasteiger partial charge in [0.1, 0.15) is 23.5 Å². The predicted molar refractivity (Wildman–Crippen MR) is 124 cm³/mol. The molecule has 3 fully saturated rings. The molecule has 3 aliphatic rings. The van der Waals surface area contributed by atoms with Gasteiger partial charge in [-0.3, -0.25) is 14.4 Å². The van der Waals surface area contributed by atoms with Gasteiger partial charge < -0.3 is 25.3 Å². The molecule has 1 aliphatic carbocycles. The zero-order valence-electron chi connectivity index (χ0n) is 19.5. The van der Waals surface area contributed by atoms with E-state index in [1.807, 2.05) is 0 Å². The van der Waals surface area contributed by atoms with Gasteiger partial charge in [-0.05, 0) is 55.7 Å². The van der Waals surface area contributed by atoms with Gasteiger partial charge >= 0.3 is 6.61 Å². The minimum atomic E-state index is -3.00. The topological polar surface area (TPSA) is 127 Å². The Morgan fingerprint density at radius 1 is 1.28 bits per heavy atom. The highest BCUT2D eigenvalue weighted by Crippen LogP contribution is 2.43. The van der Waals surface area contributed by atoms with E-state index < -0.39 is 30.5 Å². The Bertz CT molecular complexity index is 1220. The average molecular weight is 500 g/mol. The number of hydrogen-bond acceptors (Lipinski definition) is 5. The van der Waals surface area contributed by atoms with Crippen LogP contribution in [0.5, 0.6) is 5.75 Å². The fraction of sp³-hybridized carbons (Fsp3) is 0.520. The van der Waals surface area contributed by atoms with E-state index in [1.165, 1.54) is 17.0 Å². The monoisotopic (exact) mass is 499 g/mol. The Labute approximate surface area is 206 Å². The molecule has 1 aromatic heterocycles. The zero-order valence-corrected chi connectivity index (χ0v) is 19.5. The fourth-order valence-corrected chi connectivity index (χ4v) is 6.00. The summed E-state index contributed by atoms with van der Waals surface area (Å²) < 4.78 is 30.2. The van der Waals surface area contributed by atoms with Crippen LogP contribution in [-0.2, 0) is 9.59 Å². The molecule has 1 saturated carbocycles. The molecule has 5 atom stereocenters. The molecule has 0 spiro atoms. The van der Waals surface area contributed by atoms with Crippen molar-refractivity contribution in [3.63, 3.8) is 0 Å². The number of rotatable bonds is 7. The van der Waals surface area contributed by atoms with E-state index in [1.54, 1.807) is 12.1 Å². The third kappa shape index (κ3) is 4.47. The Morgan fingerprint density at radius 2 is 2.11 bits per heavy atom. The number of fused-ring (bicyclic) bond motifs is 2. The van der Waals surface area contributed by atoms with Crippen LogP contribution in [-0.4, -0.2) is 59.4 Å². The number of nitrogens with one attached hydrogen (secondary N) is 3. The second kappa shape index (κ2) is 9.76. The van der Waals surface area contributed by atoms with Crippen molar-refractivity contribution in [3.05, 3.63) is 30.0 Å². The van der Waals surface area contributed by atoms with Crippen LogP contribution in [0.1, 0.15) is 42.6 Å². The normalized spacial score (nSPS) is 26.1. The summed E-state index contributed by atoms with van der Waals surface area (Å²) in [7, 11) is 0. The molecule has 3 amide bonds. The number of alkyl halides is 2. The Kier molecular flexibility index (Phi) is 6.51. The second-order valence-electron chi connectivity index (χ2n) is 9.74. The molecule has 1 aromatic carbocycles. The van der Waals surface area contributed by atoms with E-state index in [2.05, 4.69) is 26.4 Å². The summed E-state index contributed by atoms with van der Waals surface area (Å²) in [6.45, 7) is -2.04. The van der Waals surface area contributed by atoms with Crippen LogP contribution in [0.4, 0.5) is 8.78 Å². The number of carbonyl (C=O) groups is 3. The molecule has 36 heavy (non-hydrogen) atoms. The van der Waals surface area contributed by atoms with Crippen LogP contribution in [0.25, 0.3) is 10.9 Å². The van der Waals surface area contributed by atoms with E-state index >= 15 is 0 Å². The van der Waals surface area contributed by atoms with Gasteiger partial charge in [0.2, 0.25) is 11.8 Å². The van der Waals surface area contributed by atoms with Crippen LogP contribution in [0.2, 0.25) is 0 Å². The van der Waals surface area contributed by atoms with Gasteiger partial charge in [0.05, 0.1) is 6.07 Å². The molecule has 3 N–H and O–H groups in total. The number of aromatic nitrogens is 1. The largest absolute Gasteiger partial charge is 0.434 e. The summed E-state index contributed by atoms with van der Waals surface area (Å²) in [6, 6.07) is 6.57. The summed E-state index contributed by atoms with van der Waals surface area (Å²) in [4.78, 5) is 43.4. The standard InChI is InChI=1S/C25H27F2N5O4/c26-25(27)36-20-6-2-5-18-17(20)10-19(31-18)24(35)32-12-14-3-1-4-16(14)21(32)23(34)30-15(11-28)9-13-7-8-29-22(13)33/h2,5-6,10,13-16,21,25,31H,1,3-4,7-9,12H2,(H,29,33)(H,30,34)/t13?,14?,15-,16?,21-/m0/s1. The van der Waals surface area contributed by atoms with Crippen molar-refractivity contribution in [2.75, 3.05) is 13.1 Å². The minimum absolute atomic E-state index is 0.0230. The number of benzene rings is 1. The van der Waals surface area contributed by atoms with Crippen molar-refractivity contribution in [3.8, 4) is 11.8 Å². The molecule has 2 aromatic rings. The number of nitriles is 1. The predicted octanol–water partition coefficient (Wildman–Crippen LogP) is 2.54. The molecule has 3 heterocycles. The summed E-state index contributed by atoms with van der Waals surface area (Å²) in [5.74, 6) is -1.15. The molecule has 2 aliphatic heterocycles. The zero-order chi connectivity index (χ0) is 25.4. The molecule has 2 saturated heterocycles. The van der Waals surface area contributed by atoms with Gasteiger partial charge in [-0.2, -0.15) is 14.0 Å². The Morgan fingerprint density at radius 3 is 2.83 bits per heavy atom. The highest BCUT2D eigenvalue weighted by Gasteiger charge is 2.50. The molecule has 5 rings (SSSR count). The van der Waals surface area contributed by atoms with Crippen LogP contribution < -0.4 is 15.4 Å². The van der Waals surface area contributed by atoms with Gasteiger partial charge in [-0.25, -0.2) is 0 Å². The van der Waals surface area contributed by atoms with Crippen molar-refractivity contribution in [2.45, 2.75) is 50.8 Å². The number of nitrogens with zero attached hydrogens (tertiary/aromatic N) is 2. The lowest BCUT2D eigenvalue weighted by atomic mass is 9.92. The maximum absolute atomic E-state index is 13.6. The summed E-state index contributed by atoms with van der Waals surface area (Å²) in [6.07, 6.45) is 3.50. The molecule has 3 unspecified atom stereocenters. The lowest BCUT2D eigenvalue weighted by Gasteiger charge is -2.28. The Balaban J connectivity index is 1.37. The van der Waals surface area contributed by atoms with Crippen molar-refractivity contribution in [1.29, 1.82) is 5.26 Å². The number of ether oxygens (including phenoxy) is 1. The lowest BCUT2D eigenvalue weighted by molar-refractivity contribution is -0.127. The molecule has 0 bridgehead atoms. The highest BCUT2D eigenvalue weighted by atomic mass is 19.3. The third-order valence-electron chi connectivity index (χ3n) is 7.65. The number of carbonyl (C=O) groups excluding carboxylic acids is 3. The van der Waals surface area contributed by atoms with E-state index in [4.69, 9.17) is 0 Å². The maximum atomic E-state index is 13.6. The molecular weight excluding hydrogens is 472 g/mol. The van der Waals surface area contributed by atoms with Crippen molar-refractivity contribution in [2.24, 2.45) is 17.8 Å². The number of hydrogen-bond donors (Lipinski definition) is 3. The van der Waals surface area contributed by atoms with E-state index in [0.717, 1.165) is 19.3 Å². The first-order valence-corrected chi connectivity index (χ1v) is 12.2. The van der Waals surface area contributed by atoms with Crippen molar-refractivity contribution >= 4 is 28.6 Å². The SMILES string of the molecule is N#C[C@H](CC1CCNC1=O)NC(=O)[C@@H]1C2CCCC2CN1C(=O)c1cc2c(OC(F)F)cccc2[nH]1. The highest BCUT2D eigenvalue weighted by molar-refractivity contribution is 6.02. The van der Waals surface area contributed by atoms with Crippen LogP contribution in [0.15, 0.2) is 24.3 Å². The van der Waals surface area contributed by atoms with Crippen LogP contribution >= 0.6 is 0 Å². The fourth-order valence-electron chi connectivity index (χ4n) is 6.00. The van der Waals surface area contributed by atoms with Crippen molar-refractivity contribution < 1.29 is 27.9 Å². The van der Waals surface area contributed by atoms with E-state index in [9.17, 15) is 28.4 Å². The van der Waals surface area contributed by atoms with Crippen LogP contribution in [0, 0.1) is 29.1 Å². The first-order chi connectivity index (χ1) is 17.4. The first-order valence-electron chi connectivity index (χ1n) is 12.2. The number of halogens is 2. The van der Waals surface area contributed by atoms with Gasteiger partial charge in [0, 0.05) is 29.9 Å². The van der Waals surface area contributed by atoms with Gasteiger partial charge in [0.15, 0.2) is 0 Å². The second-order valence-corrected chi connectivity index (χ2v) is 9.74. The van der Waals surface area contributed by atoms with Crippen molar-refractivity contribution in [1.82, 2.24) is 20.5 Å². The average Bonchev–Trinajstić information content (AvgIpc) is 3.61. The lowest BCUT2D eigenvalue weighted by Crippen LogP contribution is -2.51. The quantitative estimate of drug-likeness (QED) is 0.540. The molecule has 0 radical (unpaired) electrons. The van der Waals surface area contributed by atoms with Gasteiger partial charge in [0.25, 0.3) is 5.91 Å². The summed E-state index contributed by atoms with van der Waals surface area (Å²) in [5, 5.41) is 15.5. The molecule has 11 heteroatoms. The smallest absolute Gasteiger partial charge is 0.387 e. The van der Waals surface area contributed by atoms with E-state index in [-0.39, 0.29) is 41.5 Å². The number of aromatic amines is 1. The van der Waals surface area contributed by atoms with E-state index in [0.29, 0.717) is 30.4 Å². The number of H-pyrrole nitrogens is 1. The molecule has 190 valence electrons. The first kappa shape index (κ1) is 24.0. The minimum Gasteiger partial charge on any atom is -0.434 e. The third-order valence-corrected chi connectivity index (χ3v) is 7.65. The van der Waals surface area contributed by atoms with Crippen LogP contribution in [0.3, 0.4) is 0 Å². The summed E-state index contributed by atoms with van der Waals surface area (Å²) >= 11 is 0. The Hall–Kier alpha value is -3.68. The number of amides is 3. The van der Waals surface area contributed by atoms with Gasteiger partial charge in [-0.15, -0.1) is 0 Å². The maximum Gasteiger partial charge on any atom is 0.387 e. The summed E-state index contributed by atoms with van der Waals surface area (Å²) in [5.41, 5.74) is 0.642. The van der Waals surface area contributed by atoms with Gasteiger partial charge in [-0.1, -0.05) is 12.5 Å². The molecular formula is C25H27F2N5O4. The molecule has 9 nitrogen and oxygen atoms in total. The number of likely N-dealkylation sites (tertiary alicyclic amines) is 1.